The highest BCUT2D eigenvalue weighted by Gasteiger charge is 2.42. The molecular formula is C23H30N4O6S. The summed E-state index contributed by atoms with van der Waals surface area (Å²) in [5.74, 6) is 0.224. The Morgan fingerprint density at radius 2 is 1.82 bits per heavy atom. The number of rotatable bonds is 10. The molecule has 1 amide bonds. The fraction of sp³-hybridized carbons (Fsp3) is 0.435. The van der Waals surface area contributed by atoms with Crippen molar-refractivity contribution < 1.29 is 23.2 Å². The van der Waals surface area contributed by atoms with E-state index in [9.17, 15) is 28.4 Å². The minimum Gasteiger partial charge on any atom is -0.465 e. The van der Waals surface area contributed by atoms with Gasteiger partial charge in [0.05, 0.1) is 21.9 Å². The quantitative estimate of drug-likeness (QED) is 0.386. The van der Waals surface area contributed by atoms with Gasteiger partial charge in [0.25, 0.3) is 5.69 Å². The molecule has 0 bridgehead atoms. The van der Waals surface area contributed by atoms with Crippen molar-refractivity contribution >= 4 is 21.8 Å². The van der Waals surface area contributed by atoms with Gasteiger partial charge >= 0.3 is 6.09 Å². The molecule has 11 heteroatoms. The molecule has 184 valence electrons. The molecule has 0 radical (unpaired) electrons. The molecule has 1 heterocycles. The van der Waals surface area contributed by atoms with Gasteiger partial charge in [-0.05, 0) is 30.0 Å². The van der Waals surface area contributed by atoms with E-state index in [2.05, 4.69) is 5.32 Å². The Morgan fingerprint density at radius 3 is 2.38 bits per heavy atom. The summed E-state index contributed by atoms with van der Waals surface area (Å²) in [6.45, 7) is 5.45. The third-order valence-corrected chi connectivity index (χ3v) is 7.81. The highest BCUT2D eigenvalue weighted by atomic mass is 32.2. The summed E-state index contributed by atoms with van der Waals surface area (Å²) >= 11 is 0. The first-order valence-corrected chi connectivity index (χ1v) is 12.5. The van der Waals surface area contributed by atoms with Crippen LogP contribution < -0.4 is 5.32 Å². The number of non-ortho nitro benzene ring substituents is 1. The van der Waals surface area contributed by atoms with Crippen LogP contribution >= 0.6 is 0 Å². The SMILES string of the molecule is CC(C)CCN([C@H]1CN(Cc2ccccc2)C[C@H]1NC(=O)O)S(=O)(=O)c1ccc([N+](=O)[O-])cc1. The number of likely N-dealkylation sites (tertiary alicyclic amines) is 1. The van der Waals surface area contributed by atoms with Crippen LogP contribution in [0.5, 0.6) is 0 Å². The number of hydrogen-bond donors (Lipinski definition) is 2. The minimum atomic E-state index is -4.04. The largest absolute Gasteiger partial charge is 0.465 e. The van der Waals surface area contributed by atoms with Crippen molar-refractivity contribution in [3.63, 3.8) is 0 Å². The van der Waals surface area contributed by atoms with Gasteiger partial charge in [0, 0.05) is 38.3 Å². The Balaban J connectivity index is 1.93. The average Bonchev–Trinajstić information content (AvgIpc) is 3.15. The lowest BCUT2D eigenvalue weighted by atomic mass is 10.1. The maximum atomic E-state index is 13.7. The number of benzene rings is 2. The molecule has 0 aliphatic carbocycles. The van der Waals surface area contributed by atoms with E-state index in [1.807, 2.05) is 49.1 Å². The number of nitro groups is 1. The molecule has 0 saturated carbocycles. The molecule has 0 spiro atoms. The first-order chi connectivity index (χ1) is 16.1. The van der Waals surface area contributed by atoms with Gasteiger partial charge < -0.3 is 10.4 Å². The van der Waals surface area contributed by atoms with Crippen LogP contribution in [0.15, 0.2) is 59.5 Å². The van der Waals surface area contributed by atoms with Gasteiger partial charge in [0.15, 0.2) is 0 Å². The van der Waals surface area contributed by atoms with Crippen LogP contribution in [-0.2, 0) is 16.6 Å². The number of carboxylic acid groups (broad SMARTS) is 1. The van der Waals surface area contributed by atoms with Crippen molar-refractivity contribution in [3.8, 4) is 0 Å². The topological polar surface area (TPSA) is 133 Å². The molecule has 1 fully saturated rings. The van der Waals surface area contributed by atoms with Gasteiger partial charge in [-0.25, -0.2) is 13.2 Å². The molecule has 2 atom stereocenters. The van der Waals surface area contributed by atoms with Crippen LogP contribution in [0.25, 0.3) is 0 Å². The monoisotopic (exact) mass is 490 g/mol. The number of carbonyl (C=O) groups is 1. The molecule has 3 rings (SSSR count). The Bertz CT molecular complexity index is 1090. The van der Waals surface area contributed by atoms with Crippen LogP contribution in [0.2, 0.25) is 0 Å². The van der Waals surface area contributed by atoms with Crippen molar-refractivity contribution in [3.05, 3.63) is 70.3 Å². The Hall–Kier alpha value is -3.02. The first kappa shape index (κ1) is 25.6. The van der Waals surface area contributed by atoms with Crippen LogP contribution in [0.1, 0.15) is 25.8 Å². The van der Waals surface area contributed by atoms with E-state index in [0.717, 1.165) is 17.7 Å². The zero-order chi connectivity index (χ0) is 24.9. The normalized spacial score (nSPS) is 18.9. The molecule has 0 unspecified atom stereocenters. The van der Waals surface area contributed by atoms with Crippen LogP contribution in [-0.4, -0.2) is 65.5 Å². The predicted molar refractivity (Wildman–Crippen MR) is 127 cm³/mol. The Morgan fingerprint density at radius 1 is 1.18 bits per heavy atom. The van der Waals surface area contributed by atoms with Gasteiger partial charge in [-0.2, -0.15) is 4.31 Å². The average molecular weight is 491 g/mol. The smallest absolute Gasteiger partial charge is 0.404 e. The predicted octanol–water partition coefficient (Wildman–Crippen LogP) is 3.15. The van der Waals surface area contributed by atoms with Crippen molar-refractivity contribution in [1.82, 2.24) is 14.5 Å². The van der Waals surface area contributed by atoms with E-state index in [4.69, 9.17) is 0 Å². The molecule has 2 aromatic carbocycles. The van der Waals surface area contributed by atoms with Crippen molar-refractivity contribution in [2.45, 2.75) is 43.8 Å². The van der Waals surface area contributed by atoms with E-state index in [1.165, 1.54) is 16.4 Å². The molecule has 2 N–H and O–H groups in total. The summed E-state index contributed by atoms with van der Waals surface area (Å²) in [6.07, 6.45) is -0.630. The van der Waals surface area contributed by atoms with Crippen molar-refractivity contribution in [2.24, 2.45) is 5.92 Å². The fourth-order valence-electron chi connectivity index (χ4n) is 4.15. The van der Waals surface area contributed by atoms with E-state index in [-0.39, 0.29) is 23.0 Å². The van der Waals surface area contributed by atoms with Gasteiger partial charge in [-0.15, -0.1) is 0 Å². The molecular weight excluding hydrogens is 460 g/mol. The van der Waals surface area contributed by atoms with E-state index in [0.29, 0.717) is 26.1 Å². The maximum absolute atomic E-state index is 13.7. The second kappa shape index (κ2) is 10.9. The zero-order valence-electron chi connectivity index (χ0n) is 19.2. The van der Waals surface area contributed by atoms with E-state index in [1.54, 1.807) is 0 Å². The third-order valence-electron chi connectivity index (χ3n) is 5.87. The number of amides is 1. The van der Waals surface area contributed by atoms with Crippen LogP contribution in [0.4, 0.5) is 10.5 Å². The van der Waals surface area contributed by atoms with Gasteiger partial charge in [0.2, 0.25) is 10.0 Å². The second-order valence-electron chi connectivity index (χ2n) is 8.85. The number of sulfonamides is 1. The Kier molecular flexibility index (Phi) is 8.24. The van der Waals surface area contributed by atoms with Gasteiger partial charge in [-0.1, -0.05) is 44.2 Å². The number of nitrogens with zero attached hydrogens (tertiary/aromatic N) is 3. The molecule has 0 aromatic heterocycles. The lowest BCUT2D eigenvalue weighted by Gasteiger charge is -2.32. The summed E-state index contributed by atoms with van der Waals surface area (Å²) in [5.41, 5.74) is 0.845. The number of hydrogen-bond acceptors (Lipinski definition) is 6. The third kappa shape index (κ3) is 6.31. The molecule has 34 heavy (non-hydrogen) atoms. The summed E-state index contributed by atoms with van der Waals surface area (Å²) in [7, 11) is -4.04. The van der Waals surface area contributed by atoms with Gasteiger partial charge in [0.1, 0.15) is 0 Å². The summed E-state index contributed by atoms with van der Waals surface area (Å²) < 4.78 is 28.7. The standard InChI is InChI=1S/C23H30N4O6S/c1-17(2)12-13-26(34(32,33)20-10-8-19(9-11-20)27(30)31)22-16-25(15-21(22)24-23(28)29)14-18-6-4-3-5-7-18/h3-11,17,21-22,24H,12-16H2,1-2H3,(H,28,29)/t21-,22+/m1/s1. The lowest BCUT2D eigenvalue weighted by Crippen LogP contribution is -2.53. The highest BCUT2D eigenvalue weighted by molar-refractivity contribution is 7.89. The van der Waals surface area contributed by atoms with Crippen LogP contribution in [0, 0.1) is 16.0 Å². The number of nitrogens with one attached hydrogen (secondary N) is 1. The molecule has 2 aromatic rings. The molecule has 10 nitrogen and oxygen atoms in total. The second-order valence-corrected chi connectivity index (χ2v) is 10.7. The minimum absolute atomic E-state index is 0.0579. The Labute approximate surface area is 199 Å². The lowest BCUT2D eigenvalue weighted by molar-refractivity contribution is -0.384. The summed E-state index contributed by atoms with van der Waals surface area (Å²) in [5, 5.41) is 22.9. The summed E-state index contributed by atoms with van der Waals surface area (Å²) in [4.78, 5) is 23.9. The molecule has 1 aliphatic rings. The zero-order valence-corrected chi connectivity index (χ0v) is 20.0. The molecule has 1 aliphatic heterocycles. The van der Waals surface area contributed by atoms with E-state index >= 15 is 0 Å². The maximum Gasteiger partial charge on any atom is 0.404 e. The first-order valence-electron chi connectivity index (χ1n) is 11.1. The van der Waals surface area contributed by atoms with Crippen molar-refractivity contribution in [1.29, 1.82) is 0 Å². The molecule has 1 saturated heterocycles. The summed E-state index contributed by atoms with van der Waals surface area (Å²) in [6, 6.07) is 13.2. The van der Waals surface area contributed by atoms with Crippen LogP contribution in [0.3, 0.4) is 0 Å². The fourth-order valence-corrected chi connectivity index (χ4v) is 5.82. The highest BCUT2D eigenvalue weighted by Crippen LogP contribution is 2.27. The van der Waals surface area contributed by atoms with Gasteiger partial charge in [-0.3, -0.25) is 15.0 Å². The van der Waals surface area contributed by atoms with Crippen molar-refractivity contribution in [2.75, 3.05) is 19.6 Å². The number of nitro benzene ring substituents is 1. The van der Waals surface area contributed by atoms with E-state index < -0.39 is 33.1 Å².